The van der Waals surface area contributed by atoms with Crippen molar-refractivity contribution in [3.05, 3.63) is 0 Å². The lowest BCUT2D eigenvalue weighted by Gasteiger charge is -2.43. The van der Waals surface area contributed by atoms with Crippen LogP contribution in [0.3, 0.4) is 0 Å². The number of sulfonamides is 1. The average Bonchev–Trinajstić information content (AvgIpc) is 2.38. The van der Waals surface area contributed by atoms with Crippen LogP contribution in [0.25, 0.3) is 0 Å². The molecule has 1 saturated heterocycles. The van der Waals surface area contributed by atoms with Crippen molar-refractivity contribution in [2.75, 3.05) is 18.8 Å². The van der Waals surface area contributed by atoms with Crippen LogP contribution < -0.4 is 5.73 Å². The standard InChI is InChI=1S/C13H26N2O2S/c14-9-3-4-11-18(16,17)15-10-5-7-12-6-1-2-8-13(12)15/h12-13H,1-11,14H2/t12-,13-/m1/s1. The Kier molecular flexibility index (Phi) is 5.04. The van der Waals surface area contributed by atoms with Gasteiger partial charge in [0.25, 0.3) is 0 Å². The molecule has 1 heterocycles. The third kappa shape index (κ3) is 3.25. The summed E-state index contributed by atoms with van der Waals surface area (Å²) < 4.78 is 26.6. The summed E-state index contributed by atoms with van der Waals surface area (Å²) in [4.78, 5) is 0. The van der Waals surface area contributed by atoms with Crippen molar-refractivity contribution < 1.29 is 8.42 Å². The number of nitrogens with zero attached hydrogens (tertiary/aromatic N) is 1. The summed E-state index contributed by atoms with van der Waals surface area (Å²) in [7, 11) is -3.05. The number of unbranched alkanes of at least 4 members (excludes halogenated alkanes) is 1. The van der Waals surface area contributed by atoms with E-state index in [1.54, 1.807) is 0 Å². The molecule has 2 fully saturated rings. The minimum Gasteiger partial charge on any atom is -0.330 e. The summed E-state index contributed by atoms with van der Waals surface area (Å²) in [5, 5.41) is 0. The first kappa shape index (κ1) is 14.3. The maximum absolute atomic E-state index is 12.4. The molecule has 1 saturated carbocycles. The molecule has 5 heteroatoms. The molecule has 0 spiro atoms. The van der Waals surface area contributed by atoms with Crippen molar-refractivity contribution >= 4 is 10.0 Å². The number of piperidine rings is 1. The van der Waals surface area contributed by atoms with Gasteiger partial charge in [-0.1, -0.05) is 12.8 Å². The quantitative estimate of drug-likeness (QED) is 0.776. The molecule has 2 atom stereocenters. The van der Waals surface area contributed by atoms with Gasteiger partial charge in [0.15, 0.2) is 0 Å². The number of nitrogens with two attached hydrogens (primary N) is 1. The Morgan fingerprint density at radius 3 is 2.56 bits per heavy atom. The fourth-order valence-corrected chi connectivity index (χ4v) is 5.37. The summed E-state index contributed by atoms with van der Waals surface area (Å²) in [6, 6.07) is 0.301. The van der Waals surface area contributed by atoms with E-state index in [2.05, 4.69) is 0 Å². The van der Waals surface area contributed by atoms with E-state index in [0.717, 1.165) is 25.8 Å². The Bertz CT molecular complexity index is 354. The molecule has 1 aliphatic heterocycles. The second kappa shape index (κ2) is 6.35. The molecular formula is C13H26N2O2S. The smallest absolute Gasteiger partial charge is 0.214 e. The molecule has 4 nitrogen and oxygen atoms in total. The van der Waals surface area contributed by atoms with E-state index in [9.17, 15) is 8.42 Å². The predicted molar refractivity (Wildman–Crippen MR) is 73.8 cm³/mol. The monoisotopic (exact) mass is 274 g/mol. The molecule has 0 bridgehead atoms. The van der Waals surface area contributed by atoms with Crippen LogP contribution in [0.15, 0.2) is 0 Å². The topological polar surface area (TPSA) is 63.4 Å². The van der Waals surface area contributed by atoms with E-state index < -0.39 is 10.0 Å². The maximum Gasteiger partial charge on any atom is 0.214 e. The molecule has 0 aromatic heterocycles. The molecule has 1 aliphatic carbocycles. The van der Waals surface area contributed by atoms with Gasteiger partial charge in [-0.2, -0.15) is 4.31 Å². The molecule has 0 radical (unpaired) electrons. The van der Waals surface area contributed by atoms with Crippen molar-refractivity contribution in [2.24, 2.45) is 11.7 Å². The minimum atomic E-state index is -3.05. The second-order valence-corrected chi connectivity index (χ2v) is 7.72. The molecule has 0 aromatic carbocycles. The Balaban J connectivity index is 2.00. The first-order valence-electron chi connectivity index (χ1n) is 7.35. The number of fused-ring (bicyclic) bond motifs is 1. The van der Waals surface area contributed by atoms with Crippen LogP contribution in [0.5, 0.6) is 0 Å². The fourth-order valence-electron chi connectivity index (χ4n) is 3.47. The third-order valence-corrected chi connectivity index (χ3v) is 6.38. The zero-order chi connectivity index (χ0) is 13.0. The highest BCUT2D eigenvalue weighted by atomic mass is 32.2. The first-order valence-corrected chi connectivity index (χ1v) is 8.95. The largest absolute Gasteiger partial charge is 0.330 e. The lowest BCUT2D eigenvalue weighted by molar-refractivity contribution is 0.129. The number of hydrogen-bond donors (Lipinski definition) is 1. The van der Waals surface area contributed by atoms with Crippen molar-refractivity contribution in [1.82, 2.24) is 4.31 Å². The molecule has 106 valence electrons. The van der Waals surface area contributed by atoms with Crippen molar-refractivity contribution in [3.63, 3.8) is 0 Å². The van der Waals surface area contributed by atoms with Crippen molar-refractivity contribution in [3.8, 4) is 0 Å². The van der Waals surface area contributed by atoms with Crippen LogP contribution in [-0.2, 0) is 10.0 Å². The van der Waals surface area contributed by atoms with E-state index in [-0.39, 0.29) is 5.75 Å². The molecule has 0 aromatic rings. The van der Waals surface area contributed by atoms with Crippen LogP contribution in [0.1, 0.15) is 51.4 Å². The van der Waals surface area contributed by atoms with E-state index in [1.165, 1.54) is 25.7 Å². The van der Waals surface area contributed by atoms with E-state index in [1.807, 2.05) is 4.31 Å². The van der Waals surface area contributed by atoms with Crippen LogP contribution >= 0.6 is 0 Å². The van der Waals surface area contributed by atoms with Gasteiger partial charge >= 0.3 is 0 Å². The molecule has 2 N–H and O–H groups in total. The van der Waals surface area contributed by atoms with E-state index >= 15 is 0 Å². The van der Waals surface area contributed by atoms with Gasteiger partial charge in [0.1, 0.15) is 0 Å². The van der Waals surface area contributed by atoms with Gasteiger partial charge in [0.05, 0.1) is 5.75 Å². The SMILES string of the molecule is NCCCCS(=O)(=O)N1CCC[C@H]2CCCC[C@H]21. The molecule has 2 rings (SSSR count). The maximum atomic E-state index is 12.4. The zero-order valence-electron chi connectivity index (χ0n) is 11.2. The van der Waals surface area contributed by atoms with Gasteiger partial charge in [-0.3, -0.25) is 0 Å². The van der Waals surface area contributed by atoms with Gasteiger partial charge in [-0.15, -0.1) is 0 Å². The Hall–Kier alpha value is -0.130. The average molecular weight is 274 g/mol. The van der Waals surface area contributed by atoms with Gasteiger partial charge in [0, 0.05) is 12.6 Å². The fraction of sp³-hybridized carbons (Fsp3) is 1.00. The Morgan fingerprint density at radius 2 is 1.78 bits per heavy atom. The lowest BCUT2D eigenvalue weighted by atomic mass is 9.79. The van der Waals surface area contributed by atoms with Crippen LogP contribution in [0, 0.1) is 5.92 Å². The predicted octanol–water partition coefficient (Wildman–Crippen LogP) is 1.71. The highest BCUT2D eigenvalue weighted by Gasteiger charge is 2.38. The highest BCUT2D eigenvalue weighted by Crippen LogP contribution is 2.36. The summed E-state index contributed by atoms with van der Waals surface area (Å²) in [6.45, 7) is 1.33. The van der Waals surface area contributed by atoms with Gasteiger partial charge in [0.2, 0.25) is 10.0 Å². The van der Waals surface area contributed by atoms with Gasteiger partial charge < -0.3 is 5.73 Å². The minimum absolute atomic E-state index is 0.285. The van der Waals surface area contributed by atoms with Crippen LogP contribution in [0.2, 0.25) is 0 Å². The summed E-state index contributed by atoms with van der Waals surface area (Å²) in [6.07, 6.45) is 8.53. The number of rotatable bonds is 5. The van der Waals surface area contributed by atoms with Gasteiger partial charge in [-0.25, -0.2) is 8.42 Å². The number of hydrogen-bond acceptors (Lipinski definition) is 3. The van der Waals surface area contributed by atoms with Crippen LogP contribution in [-0.4, -0.2) is 37.6 Å². The second-order valence-electron chi connectivity index (χ2n) is 5.68. The van der Waals surface area contributed by atoms with Gasteiger partial charge in [-0.05, 0) is 51.0 Å². The highest BCUT2D eigenvalue weighted by molar-refractivity contribution is 7.89. The van der Waals surface area contributed by atoms with E-state index in [4.69, 9.17) is 5.73 Å². The van der Waals surface area contributed by atoms with E-state index in [0.29, 0.717) is 24.9 Å². The summed E-state index contributed by atoms with van der Waals surface area (Å²) in [5.74, 6) is 0.907. The van der Waals surface area contributed by atoms with Crippen LogP contribution in [0.4, 0.5) is 0 Å². The molecule has 18 heavy (non-hydrogen) atoms. The lowest BCUT2D eigenvalue weighted by Crippen LogP contribution is -2.50. The molecule has 2 aliphatic rings. The summed E-state index contributed by atoms with van der Waals surface area (Å²) in [5.41, 5.74) is 5.43. The summed E-state index contributed by atoms with van der Waals surface area (Å²) >= 11 is 0. The Labute approximate surface area is 111 Å². The van der Waals surface area contributed by atoms with Crippen molar-refractivity contribution in [2.45, 2.75) is 57.4 Å². The normalized spacial score (nSPS) is 30.1. The molecular weight excluding hydrogens is 248 g/mol. The first-order chi connectivity index (χ1) is 8.65. The van der Waals surface area contributed by atoms with Crippen molar-refractivity contribution in [1.29, 1.82) is 0 Å². The zero-order valence-corrected chi connectivity index (χ0v) is 12.0. The Morgan fingerprint density at radius 1 is 1.06 bits per heavy atom. The molecule has 0 amide bonds. The molecule has 0 unspecified atom stereocenters. The third-order valence-electron chi connectivity index (χ3n) is 4.41.